The van der Waals surface area contributed by atoms with E-state index in [2.05, 4.69) is 5.10 Å². The number of carbonyl (C=O) groups is 1. The molecule has 3 heterocycles. The van der Waals surface area contributed by atoms with E-state index in [-0.39, 0.29) is 5.97 Å². The number of ether oxygens (including phenoxy) is 3. The van der Waals surface area contributed by atoms with Crippen molar-refractivity contribution in [1.29, 1.82) is 0 Å². The number of fused-ring (bicyclic) bond motifs is 2. The number of aryl methyl sites for hydroxylation is 1. The zero-order valence-corrected chi connectivity index (χ0v) is 19.9. The first-order valence-electron chi connectivity index (χ1n) is 11.1. The first-order chi connectivity index (χ1) is 15.8. The molecule has 0 spiro atoms. The molecule has 0 N–H and O–H groups in total. The highest BCUT2D eigenvalue weighted by Gasteiger charge is 2.37. The lowest BCUT2D eigenvalue weighted by Crippen LogP contribution is -2.36. The third kappa shape index (κ3) is 4.09. The second-order valence-electron chi connectivity index (χ2n) is 8.75. The van der Waals surface area contributed by atoms with Gasteiger partial charge in [0, 0.05) is 17.4 Å². The molecule has 0 unspecified atom stereocenters. The Kier molecular flexibility index (Phi) is 5.37. The Balaban J connectivity index is 1.47. The minimum Gasteiger partial charge on any atom is -0.494 e. The Morgan fingerprint density at radius 1 is 1.21 bits per heavy atom. The molecule has 7 heteroatoms. The zero-order valence-electron chi connectivity index (χ0n) is 19.1. The van der Waals surface area contributed by atoms with Crippen LogP contribution in [0.1, 0.15) is 54.2 Å². The number of hydrogen-bond donors (Lipinski definition) is 0. The number of carbonyl (C=O) groups excluding carboxylic acids is 1. The lowest BCUT2D eigenvalue weighted by atomic mass is 9.91. The molecule has 2 aromatic carbocycles. The molecule has 4 aromatic rings. The summed E-state index contributed by atoms with van der Waals surface area (Å²) in [5.74, 6) is 1.12. The van der Waals surface area contributed by atoms with E-state index in [1.807, 2.05) is 87.0 Å². The monoisotopic (exact) mass is 462 g/mol. The number of benzene rings is 2. The van der Waals surface area contributed by atoms with Crippen molar-refractivity contribution in [3.8, 4) is 17.2 Å². The smallest absolute Gasteiger partial charge is 0.349 e. The summed E-state index contributed by atoms with van der Waals surface area (Å²) in [7, 11) is 0. The molecular formula is C26H26N2O4S. The predicted molar refractivity (Wildman–Crippen MR) is 129 cm³/mol. The van der Waals surface area contributed by atoms with Gasteiger partial charge in [-0.3, -0.25) is 0 Å². The number of hydrogen-bond acceptors (Lipinski definition) is 6. The Hall–Kier alpha value is -3.32. The van der Waals surface area contributed by atoms with Crippen LogP contribution in [0.15, 0.2) is 54.6 Å². The molecule has 0 fully saturated rings. The van der Waals surface area contributed by atoms with Crippen molar-refractivity contribution in [3.05, 3.63) is 70.7 Å². The minimum absolute atomic E-state index is 0.342. The van der Waals surface area contributed by atoms with Crippen molar-refractivity contribution in [2.75, 3.05) is 6.61 Å². The molecule has 1 aliphatic heterocycles. The maximum Gasteiger partial charge on any atom is 0.349 e. The fourth-order valence-corrected chi connectivity index (χ4v) is 5.27. The molecule has 0 saturated carbocycles. The third-order valence-corrected chi connectivity index (χ3v) is 6.79. The Morgan fingerprint density at radius 2 is 2.00 bits per heavy atom. The first kappa shape index (κ1) is 21.5. The molecule has 0 bridgehead atoms. The Labute approximate surface area is 196 Å². The zero-order chi connectivity index (χ0) is 23.2. The summed E-state index contributed by atoms with van der Waals surface area (Å²) in [4.78, 5) is 14.7. The van der Waals surface area contributed by atoms with Crippen molar-refractivity contribution in [2.45, 2.75) is 45.8 Å². The summed E-state index contributed by atoms with van der Waals surface area (Å²) < 4.78 is 19.7. The molecule has 0 radical (unpaired) electrons. The van der Waals surface area contributed by atoms with Crippen LogP contribution in [-0.2, 0) is 4.74 Å². The number of esters is 1. The van der Waals surface area contributed by atoms with E-state index in [0.717, 1.165) is 38.7 Å². The van der Waals surface area contributed by atoms with Gasteiger partial charge in [0.2, 0.25) is 0 Å². The van der Waals surface area contributed by atoms with Crippen LogP contribution in [0.25, 0.3) is 15.9 Å². The fourth-order valence-electron chi connectivity index (χ4n) is 4.21. The van der Waals surface area contributed by atoms with Crippen LogP contribution in [0.2, 0.25) is 0 Å². The van der Waals surface area contributed by atoms with Gasteiger partial charge in [-0.05, 0) is 64.1 Å². The maximum atomic E-state index is 13.3. The summed E-state index contributed by atoms with van der Waals surface area (Å²) in [6, 6.07) is 17.5. The van der Waals surface area contributed by atoms with Gasteiger partial charge < -0.3 is 14.2 Å². The first-order valence-corrected chi connectivity index (χ1v) is 11.9. The summed E-state index contributed by atoms with van der Waals surface area (Å²) in [5, 5.41) is 5.62. The summed E-state index contributed by atoms with van der Waals surface area (Å²) in [6.45, 7) is 8.47. The minimum atomic E-state index is -0.449. The van der Waals surface area contributed by atoms with Gasteiger partial charge >= 0.3 is 5.97 Å². The van der Waals surface area contributed by atoms with E-state index in [1.165, 1.54) is 11.3 Å². The molecule has 2 aromatic heterocycles. The lowest BCUT2D eigenvalue weighted by Gasteiger charge is -2.37. The van der Waals surface area contributed by atoms with E-state index < -0.39 is 11.7 Å². The van der Waals surface area contributed by atoms with Gasteiger partial charge in [-0.2, -0.15) is 5.10 Å². The van der Waals surface area contributed by atoms with Gasteiger partial charge in [0.1, 0.15) is 32.9 Å². The largest absolute Gasteiger partial charge is 0.494 e. The van der Waals surface area contributed by atoms with Gasteiger partial charge in [0.05, 0.1) is 18.0 Å². The second-order valence-corrected chi connectivity index (χ2v) is 9.79. The van der Waals surface area contributed by atoms with Gasteiger partial charge in [-0.1, -0.05) is 18.2 Å². The summed E-state index contributed by atoms with van der Waals surface area (Å²) in [6.07, 6.45) is 0.136. The van der Waals surface area contributed by atoms with Crippen LogP contribution in [-0.4, -0.2) is 28.0 Å². The van der Waals surface area contributed by atoms with Gasteiger partial charge in [-0.15, -0.1) is 11.3 Å². The van der Waals surface area contributed by atoms with Crippen molar-refractivity contribution in [1.82, 2.24) is 9.78 Å². The molecule has 1 atom stereocenters. The summed E-state index contributed by atoms with van der Waals surface area (Å²) >= 11 is 1.40. The molecule has 33 heavy (non-hydrogen) atoms. The van der Waals surface area contributed by atoms with E-state index in [1.54, 1.807) is 0 Å². The van der Waals surface area contributed by atoms with Crippen LogP contribution in [0.4, 0.5) is 0 Å². The number of rotatable bonds is 5. The number of aromatic nitrogens is 2. The molecule has 170 valence electrons. The van der Waals surface area contributed by atoms with Crippen LogP contribution in [0, 0.1) is 6.92 Å². The highest BCUT2D eigenvalue weighted by Crippen LogP contribution is 2.43. The fraction of sp³-hybridized carbons (Fsp3) is 0.308. The summed E-state index contributed by atoms with van der Waals surface area (Å²) in [5.41, 5.74) is 2.22. The van der Waals surface area contributed by atoms with Crippen LogP contribution < -0.4 is 9.47 Å². The lowest BCUT2D eigenvalue weighted by molar-refractivity contribution is -0.0159. The molecule has 0 saturated heterocycles. The van der Waals surface area contributed by atoms with E-state index in [4.69, 9.17) is 14.2 Å². The number of para-hydroxylation sites is 1. The standard InChI is InChI=1S/C26H26N2O4S/c1-5-30-18-11-12-21-20(13-18)22(15-26(3,4)32-21)31-25(29)23-14-19-16(2)27-28(24(19)33-23)17-9-7-6-8-10-17/h6-14,22H,5,15H2,1-4H3/t22-/m0/s1. The highest BCUT2D eigenvalue weighted by atomic mass is 32.1. The topological polar surface area (TPSA) is 62.6 Å². The SMILES string of the molecule is CCOc1ccc2c(c1)[C@@H](OC(=O)c1cc3c(C)nn(-c4ccccc4)c3s1)CC(C)(C)O2. The van der Waals surface area contributed by atoms with Crippen molar-refractivity contribution >= 4 is 27.5 Å². The maximum absolute atomic E-state index is 13.3. The van der Waals surface area contributed by atoms with Gasteiger partial charge in [0.25, 0.3) is 0 Å². The third-order valence-electron chi connectivity index (χ3n) is 5.70. The molecule has 5 rings (SSSR count). The van der Waals surface area contributed by atoms with Crippen LogP contribution in [0.3, 0.4) is 0 Å². The number of nitrogens with zero attached hydrogens (tertiary/aromatic N) is 2. The molecule has 6 nitrogen and oxygen atoms in total. The predicted octanol–water partition coefficient (Wildman–Crippen LogP) is 6.25. The molecule has 0 aliphatic carbocycles. The quantitative estimate of drug-likeness (QED) is 0.328. The molecular weight excluding hydrogens is 436 g/mol. The van der Waals surface area contributed by atoms with Crippen LogP contribution in [0.5, 0.6) is 11.5 Å². The van der Waals surface area contributed by atoms with Crippen LogP contribution >= 0.6 is 11.3 Å². The average Bonchev–Trinajstić information content (AvgIpc) is 3.35. The Bertz CT molecular complexity index is 1320. The highest BCUT2D eigenvalue weighted by molar-refractivity contribution is 7.20. The van der Waals surface area contributed by atoms with Crippen molar-refractivity contribution < 1.29 is 19.0 Å². The van der Waals surface area contributed by atoms with Crippen molar-refractivity contribution in [2.24, 2.45) is 0 Å². The number of thiophene rings is 1. The molecule has 0 amide bonds. The molecule has 1 aliphatic rings. The average molecular weight is 463 g/mol. The van der Waals surface area contributed by atoms with Gasteiger partial charge in [-0.25, -0.2) is 9.48 Å². The Morgan fingerprint density at radius 3 is 2.76 bits per heavy atom. The van der Waals surface area contributed by atoms with E-state index in [0.29, 0.717) is 17.9 Å². The van der Waals surface area contributed by atoms with E-state index in [9.17, 15) is 4.79 Å². The van der Waals surface area contributed by atoms with E-state index >= 15 is 0 Å². The van der Waals surface area contributed by atoms with Crippen molar-refractivity contribution in [3.63, 3.8) is 0 Å². The normalized spacial score (nSPS) is 16.8. The second kappa shape index (κ2) is 8.23. The van der Waals surface area contributed by atoms with Gasteiger partial charge in [0.15, 0.2) is 0 Å².